The maximum absolute atomic E-state index is 6.49. The Morgan fingerprint density at radius 1 is 1.05 bits per heavy atom. The molecule has 0 fully saturated rings. The summed E-state index contributed by atoms with van der Waals surface area (Å²) in [6, 6.07) is 11.9. The van der Waals surface area contributed by atoms with Crippen molar-refractivity contribution in [2.45, 2.75) is 19.4 Å². The Hall–Kier alpha value is -1.52. The second kappa shape index (κ2) is 6.96. The second-order valence-corrected chi connectivity index (χ2v) is 5.53. The number of aryl methyl sites for hydroxylation is 1. The van der Waals surface area contributed by atoms with E-state index in [1.165, 1.54) is 5.56 Å². The van der Waals surface area contributed by atoms with Crippen molar-refractivity contribution < 1.29 is 9.47 Å². The fraction of sp³-hybridized carbons (Fsp3) is 0.294. The van der Waals surface area contributed by atoms with Gasteiger partial charge in [-0.15, -0.1) is 0 Å². The van der Waals surface area contributed by atoms with Crippen LogP contribution in [0.5, 0.6) is 11.5 Å². The lowest BCUT2D eigenvalue weighted by Gasteiger charge is -2.20. The molecule has 1 unspecified atom stereocenters. The Kier molecular flexibility index (Phi) is 5.26. The molecule has 0 saturated heterocycles. The molecule has 0 amide bonds. The molecular weight excluding hydrogens is 330 g/mol. The van der Waals surface area contributed by atoms with Gasteiger partial charge in [0, 0.05) is 5.56 Å². The van der Waals surface area contributed by atoms with E-state index < -0.39 is 0 Å². The van der Waals surface area contributed by atoms with Crippen molar-refractivity contribution >= 4 is 15.9 Å². The molecule has 4 heteroatoms. The molecule has 0 spiro atoms. The predicted molar refractivity (Wildman–Crippen MR) is 89.1 cm³/mol. The summed E-state index contributed by atoms with van der Waals surface area (Å²) in [7, 11) is 3.27. The number of halogens is 1. The van der Waals surface area contributed by atoms with E-state index in [4.69, 9.17) is 15.2 Å². The van der Waals surface area contributed by atoms with E-state index in [0.29, 0.717) is 5.75 Å². The quantitative estimate of drug-likeness (QED) is 0.884. The summed E-state index contributed by atoms with van der Waals surface area (Å²) >= 11 is 3.52. The molecule has 0 aromatic heterocycles. The number of ether oxygens (including phenoxy) is 2. The summed E-state index contributed by atoms with van der Waals surface area (Å²) in [5.41, 5.74) is 9.79. The van der Waals surface area contributed by atoms with Crippen LogP contribution < -0.4 is 15.2 Å². The lowest BCUT2D eigenvalue weighted by Crippen LogP contribution is -2.15. The van der Waals surface area contributed by atoms with Crippen LogP contribution in [-0.4, -0.2) is 14.2 Å². The first-order valence-corrected chi connectivity index (χ1v) is 7.67. The molecule has 1 atom stereocenters. The van der Waals surface area contributed by atoms with Gasteiger partial charge in [0.05, 0.1) is 20.3 Å². The zero-order chi connectivity index (χ0) is 15.4. The Bertz CT molecular complexity index is 628. The number of hydrogen-bond acceptors (Lipinski definition) is 3. The fourth-order valence-corrected chi connectivity index (χ4v) is 3.17. The van der Waals surface area contributed by atoms with Gasteiger partial charge in [-0.2, -0.15) is 0 Å². The summed E-state index contributed by atoms with van der Waals surface area (Å²) in [6.07, 6.45) is 0.948. The Morgan fingerprint density at radius 3 is 2.38 bits per heavy atom. The highest BCUT2D eigenvalue weighted by Gasteiger charge is 2.20. The molecule has 3 nitrogen and oxygen atoms in total. The topological polar surface area (TPSA) is 44.5 Å². The molecule has 0 aliphatic heterocycles. The van der Waals surface area contributed by atoms with Gasteiger partial charge in [-0.05, 0) is 45.6 Å². The van der Waals surface area contributed by atoms with Gasteiger partial charge in [0.25, 0.3) is 0 Å². The minimum atomic E-state index is -0.238. The third-order valence-electron chi connectivity index (χ3n) is 3.62. The molecule has 2 aromatic rings. The van der Waals surface area contributed by atoms with Crippen LogP contribution in [0.2, 0.25) is 0 Å². The van der Waals surface area contributed by atoms with Gasteiger partial charge in [-0.25, -0.2) is 0 Å². The van der Waals surface area contributed by atoms with Crippen LogP contribution >= 0.6 is 15.9 Å². The summed E-state index contributed by atoms with van der Waals surface area (Å²) in [6.45, 7) is 2.13. The standard InChI is InChI=1S/C17H20BrNO2/c1-4-11-7-5-6-8-12(11)16(19)13-9-10-14(20-2)15(18)17(13)21-3/h5-10,16H,4,19H2,1-3H3. The van der Waals surface area contributed by atoms with E-state index in [-0.39, 0.29) is 6.04 Å². The average molecular weight is 350 g/mol. The Labute approximate surface area is 134 Å². The Balaban J connectivity index is 2.53. The Morgan fingerprint density at radius 2 is 1.76 bits per heavy atom. The number of methoxy groups -OCH3 is 2. The SMILES string of the molecule is CCc1ccccc1C(N)c1ccc(OC)c(Br)c1OC. The van der Waals surface area contributed by atoms with Crippen LogP contribution in [0.4, 0.5) is 0 Å². The zero-order valence-electron chi connectivity index (χ0n) is 12.5. The molecule has 0 bridgehead atoms. The van der Waals surface area contributed by atoms with Gasteiger partial charge in [0.15, 0.2) is 0 Å². The van der Waals surface area contributed by atoms with E-state index in [1.807, 2.05) is 24.3 Å². The third-order valence-corrected chi connectivity index (χ3v) is 4.37. The molecule has 112 valence electrons. The van der Waals surface area contributed by atoms with Gasteiger partial charge in [0.2, 0.25) is 0 Å². The van der Waals surface area contributed by atoms with Gasteiger partial charge < -0.3 is 15.2 Å². The van der Waals surface area contributed by atoms with Gasteiger partial charge >= 0.3 is 0 Å². The first-order valence-electron chi connectivity index (χ1n) is 6.87. The summed E-state index contributed by atoms with van der Waals surface area (Å²) in [5, 5.41) is 0. The van der Waals surface area contributed by atoms with Crippen molar-refractivity contribution in [2.24, 2.45) is 5.73 Å². The highest BCUT2D eigenvalue weighted by Crippen LogP contribution is 2.40. The number of hydrogen-bond donors (Lipinski definition) is 1. The molecule has 21 heavy (non-hydrogen) atoms. The van der Waals surface area contributed by atoms with Crippen LogP contribution in [0, 0.1) is 0 Å². The van der Waals surface area contributed by atoms with E-state index >= 15 is 0 Å². The summed E-state index contributed by atoms with van der Waals surface area (Å²) in [4.78, 5) is 0. The van der Waals surface area contributed by atoms with Crippen LogP contribution in [0.1, 0.15) is 29.7 Å². The molecule has 0 saturated carbocycles. The maximum atomic E-state index is 6.49. The summed E-state index contributed by atoms with van der Waals surface area (Å²) in [5.74, 6) is 1.44. The van der Waals surface area contributed by atoms with Crippen molar-refractivity contribution in [3.8, 4) is 11.5 Å². The number of benzene rings is 2. The molecule has 0 radical (unpaired) electrons. The van der Waals surface area contributed by atoms with Crippen LogP contribution in [0.15, 0.2) is 40.9 Å². The van der Waals surface area contributed by atoms with Crippen molar-refractivity contribution in [3.05, 3.63) is 57.6 Å². The van der Waals surface area contributed by atoms with Crippen LogP contribution in [-0.2, 0) is 6.42 Å². The van der Waals surface area contributed by atoms with Crippen LogP contribution in [0.25, 0.3) is 0 Å². The van der Waals surface area contributed by atoms with E-state index in [1.54, 1.807) is 14.2 Å². The van der Waals surface area contributed by atoms with E-state index in [9.17, 15) is 0 Å². The molecule has 2 rings (SSSR count). The van der Waals surface area contributed by atoms with Crippen molar-refractivity contribution in [2.75, 3.05) is 14.2 Å². The van der Waals surface area contributed by atoms with Crippen LogP contribution in [0.3, 0.4) is 0 Å². The molecule has 2 N–H and O–H groups in total. The van der Waals surface area contributed by atoms with Crippen molar-refractivity contribution in [1.82, 2.24) is 0 Å². The van der Waals surface area contributed by atoms with Crippen molar-refractivity contribution in [3.63, 3.8) is 0 Å². The number of rotatable bonds is 5. The van der Waals surface area contributed by atoms with Crippen molar-refractivity contribution in [1.29, 1.82) is 0 Å². The van der Waals surface area contributed by atoms with E-state index in [2.05, 4.69) is 35.0 Å². The zero-order valence-corrected chi connectivity index (χ0v) is 14.1. The molecule has 0 heterocycles. The first-order chi connectivity index (χ1) is 10.1. The molecule has 0 aliphatic carbocycles. The average Bonchev–Trinajstić information content (AvgIpc) is 2.53. The molecule has 0 aliphatic rings. The number of nitrogens with two attached hydrogens (primary N) is 1. The fourth-order valence-electron chi connectivity index (χ4n) is 2.49. The highest BCUT2D eigenvalue weighted by atomic mass is 79.9. The minimum Gasteiger partial charge on any atom is -0.495 e. The lowest BCUT2D eigenvalue weighted by atomic mass is 9.93. The molecule has 2 aromatic carbocycles. The predicted octanol–water partition coefficient (Wildman–Crippen LogP) is 4.08. The minimum absolute atomic E-state index is 0.238. The van der Waals surface area contributed by atoms with E-state index in [0.717, 1.165) is 27.8 Å². The normalized spacial score (nSPS) is 12.0. The highest BCUT2D eigenvalue weighted by molar-refractivity contribution is 9.10. The largest absolute Gasteiger partial charge is 0.495 e. The smallest absolute Gasteiger partial charge is 0.141 e. The maximum Gasteiger partial charge on any atom is 0.141 e. The van der Waals surface area contributed by atoms with Gasteiger partial charge in [-0.3, -0.25) is 0 Å². The van der Waals surface area contributed by atoms with Gasteiger partial charge in [-0.1, -0.05) is 31.2 Å². The summed E-state index contributed by atoms with van der Waals surface area (Å²) < 4.78 is 11.6. The second-order valence-electron chi connectivity index (χ2n) is 4.73. The van der Waals surface area contributed by atoms with Gasteiger partial charge in [0.1, 0.15) is 16.0 Å². The molecular formula is C17H20BrNO2. The monoisotopic (exact) mass is 349 g/mol. The third kappa shape index (κ3) is 3.06. The lowest BCUT2D eigenvalue weighted by molar-refractivity contribution is 0.385. The first kappa shape index (κ1) is 15.9.